The number of piperazine rings is 1. The first-order valence-electron chi connectivity index (χ1n) is 7.62. The lowest BCUT2D eigenvalue weighted by Gasteiger charge is -2.45. The van der Waals surface area contributed by atoms with Gasteiger partial charge in [-0.1, -0.05) is 20.8 Å². The molecule has 1 saturated carbocycles. The highest BCUT2D eigenvalue weighted by atomic mass is 32.2. The van der Waals surface area contributed by atoms with Gasteiger partial charge in [-0.3, -0.25) is 9.59 Å². The maximum Gasteiger partial charge on any atom is 0.246 e. The predicted molar refractivity (Wildman–Crippen MR) is 82.6 cm³/mol. The quantitative estimate of drug-likeness (QED) is 0.814. The van der Waals surface area contributed by atoms with E-state index in [1.54, 1.807) is 11.8 Å². The van der Waals surface area contributed by atoms with Gasteiger partial charge in [0.15, 0.2) is 0 Å². The SMILES string of the molecule is CCC(CSC)N1C(=O)C(C2CC2)NC(=O)C1C(C)C. The van der Waals surface area contributed by atoms with Crippen LogP contribution in [0, 0.1) is 11.8 Å². The Morgan fingerprint density at radius 1 is 1.35 bits per heavy atom. The van der Waals surface area contributed by atoms with Crippen molar-refractivity contribution in [1.82, 2.24) is 10.2 Å². The van der Waals surface area contributed by atoms with Crippen LogP contribution in [0.1, 0.15) is 40.0 Å². The van der Waals surface area contributed by atoms with Crippen molar-refractivity contribution in [3.05, 3.63) is 0 Å². The van der Waals surface area contributed by atoms with Crippen LogP contribution in [0.25, 0.3) is 0 Å². The summed E-state index contributed by atoms with van der Waals surface area (Å²) in [5.74, 6) is 1.60. The molecule has 1 aliphatic carbocycles. The molecular weight excluding hydrogens is 272 g/mol. The van der Waals surface area contributed by atoms with Crippen LogP contribution < -0.4 is 5.32 Å². The Hall–Kier alpha value is -0.710. The topological polar surface area (TPSA) is 49.4 Å². The van der Waals surface area contributed by atoms with Gasteiger partial charge in [-0.2, -0.15) is 11.8 Å². The van der Waals surface area contributed by atoms with Crippen LogP contribution in [-0.4, -0.2) is 46.8 Å². The molecule has 0 aromatic rings. The third kappa shape index (κ3) is 2.97. The first-order valence-corrected chi connectivity index (χ1v) is 9.02. The maximum atomic E-state index is 12.8. The third-order valence-corrected chi connectivity index (χ3v) is 5.05. The van der Waals surface area contributed by atoms with Crippen molar-refractivity contribution in [3.8, 4) is 0 Å². The van der Waals surface area contributed by atoms with Crippen LogP contribution in [0.4, 0.5) is 0 Å². The molecule has 1 heterocycles. The van der Waals surface area contributed by atoms with Crippen molar-refractivity contribution >= 4 is 23.6 Å². The Balaban J connectivity index is 2.27. The molecule has 20 heavy (non-hydrogen) atoms. The first kappa shape index (κ1) is 15.7. The normalized spacial score (nSPS) is 28.8. The second kappa shape index (κ2) is 6.37. The van der Waals surface area contributed by atoms with Crippen LogP contribution in [-0.2, 0) is 9.59 Å². The molecule has 2 fully saturated rings. The minimum atomic E-state index is -0.311. The van der Waals surface area contributed by atoms with Gasteiger partial charge in [0.05, 0.1) is 0 Å². The highest BCUT2D eigenvalue weighted by Gasteiger charge is 2.49. The average Bonchev–Trinajstić information content (AvgIpc) is 3.22. The second-order valence-corrected chi connectivity index (χ2v) is 7.19. The molecule has 0 aromatic heterocycles. The highest BCUT2D eigenvalue weighted by Crippen LogP contribution is 2.36. The number of nitrogens with one attached hydrogen (secondary N) is 1. The Morgan fingerprint density at radius 2 is 2.00 bits per heavy atom. The van der Waals surface area contributed by atoms with Gasteiger partial charge in [0.1, 0.15) is 12.1 Å². The van der Waals surface area contributed by atoms with Gasteiger partial charge in [-0.25, -0.2) is 0 Å². The summed E-state index contributed by atoms with van der Waals surface area (Å²) in [5, 5.41) is 2.97. The fourth-order valence-electron chi connectivity index (χ4n) is 3.09. The summed E-state index contributed by atoms with van der Waals surface area (Å²) < 4.78 is 0. The number of amides is 2. The number of hydrogen-bond acceptors (Lipinski definition) is 3. The van der Waals surface area contributed by atoms with E-state index >= 15 is 0 Å². The van der Waals surface area contributed by atoms with Gasteiger partial charge in [-0.05, 0) is 37.4 Å². The first-order chi connectivity index (χ1) is 9.51. The van der Waals surface area contributed by atoms with Gasteiger partial charge in [-0.15, -0.1) is 0 Å². The molecule has 1 N–H and O–H groups in total. The minimum Gasteiger partial charge on any atom is -0.342 e. The molecule has 0 bridgehead atoms. The molecule has 2 rings (SSSR count). The van der Waals surface area contributed by atoms with Crippen LogP contribution in [0.2, 0.25) is 0 Å². The molecule has 5 heteroatoms. The Kier molecular flexibility index (Phi) is 4.99. The van der Waals surface area contributed by atoms with E-state index in [-0.39, 0.29) is 35.9 Å². The largest absolute Gasteiger partial charge is 0.342 e. The third-order valence-electron chi connectivity index (χ3n) is 4.34. The van der Waals surface area contributed by atoms with Crippen molar-refractivity contribution in [2.75, 3.05) is 12.0 Å². The Bertz CT molecular complexity index is 382. The van der Waals surface area contributed by atoms with E-state index in [0.717, 1.165) is 25.0 Å². The summed E-state index contributed by atoms with van der Waals surface area (Å²) in [6, 6.07) is -0.416. The second-order valence-electron chi connectivity index (χ2n) is 6.28. The zero-order chi connectivity index (χ0) is 14.9. The Morgan fingerprint density at radius 3 is 2.45 bits per heavy atom. The number of carbonyl (C=O) groups excluding carboxylic acids is 2. The van der Waals surface area contributed by atoms with Crippen molar-refractivity contribution in [3.63, 3.8) is 0 Å². The van der Waals surface area contributed by atoms with E-state index in [4.69, 9.17) is 0 Å². The molecule has 3 unspecified atom stereocenters. The zero-order valence-electron chi connectivity index (χ0n) is 12.9. The number of carbonyl (C=O) groups is 2. The van der Waals surface area contributed by atoms with Gasteiger partial charge >= 0.3 is 0 Å². The monoisotopic (exact) mass is 298 g/mol. The number of thioether (sulfide) groups is 1. The summed E-state index contributed by atoms with van der Waals surface area (Å²) in [6.07, 6.45) is 5.09. The minimum absolute atomic E-state index is 0.0380. The predicted octanol–water partition coefficient (Wildman–Crippen LogP) is 1.89. The molecule has 4 nitrogen and oxygen atoms in total. The summed E-state index contributed by atoms with van der Waals surface area (Å²) in [6.45, 7) is 6.14. The molecule has 1 saturated heterocycles. The van der Waals surface area contributed by atoms with Crippen LogP contribution in [0.3, 0.4) is 0 Å². The van der Waals surface area contributed by atoms with Crippen LogP contribution in [0.5, 0.6) is 0 Å². The van der Waals surface area contributed by atoms with Gasteiger partial charge in [0, 0.05) is 11.8 Å². The van der Waals surface area contributed by atoms with Gasteiger partial charge in [0.25, 0.3) is 0 Å². The van der Waals surface area contributed by atoms with E-state index in [1.807, 2.05) is 18.7 Å². The fraction of sp³-hybridized carbons (Fsp3) is 0.867. The molecule has 3 atom stereocenters. The van der Waals surface area contributed by atoms with Crippen molar-refractivity contribution in [1.29, 1.82) is 0 Å². The zero-order valence-corrected chi connectivity index (χ0v) is 13.7. The molecule has 0 radical (unpaired) electrons. The van der Waals surface area contributed by atoms with Crippen molar-refractivity contribution in [2.45, 2.75) is 58.2 Å². The van der Waals surface area contributed by atoms with Crippen LogP contribution in [0.15, 0.2) is 0 Å². The smallest absolute Gasteiger partial charge is 0.246 e. The van der Waals surface area contributed by atoms with E-state index in [2.05, 4.69) is 18.5 Å². The molecular formula is C15H26N2O2S. The highest BCUT2D eigenvalue weighted by molar-refractivity contribution is 7.98. The fourth-order valence-corrected chi connectivity index (χ4v) is 3.87. The average molecular weight is 298 g/mol. The molecule has 114 valence electrons. The lowest BCUT2D eigenvalue weighted by molar-refractivity contribution is -0.154. The standard InChI is InChI=1S/C15H26N2O2S/c1-5-11(8-20-4)17-13(9(2)3)14(18)16-12(15(17)19)10-6-7-10/h9-13H,5-8H2,1-4H3,(H,16,18). The van der Waals surface area contributed by atoms with E-state index in [0.29, 0.717) is 5.92 Å². The maximum absolute atomic E-state index is 12.8. The van der Waals surface area contributed by atoms with Crippen molar-refractivity contribution in [2.24, 2.45) is 11.8 Å². The number of hydrogen-bond donors (Lipinski definition) is 1. The number of rotatable bonds is 6. The van der Waals surface area contributed by atoms with Crippen LogP contribution >= 0.6 is 11.8 Å². The van der Waals surface area contributed by atoms with E-state index < -0.39 is 0 Å². The molecule has 2 aliphatic rings. The van der Waals surface area contributed by atoms with E-state index in [1.165, 1.54) is 0 Å². The summed E-state index contributed by atoms with van der Waals surface area (Å²) in [4.78, 5) is 27.2. The molecule has 0 aromatic carbocycles. The molecule has 2 amide bonds. The molecule has 1 aliphatic heterocycles. The molecule has 0 spiro atoms. The lowest BCUT2D eigenvalue weighted by atomic mass is 9.93. The van der Waals surface area contributed by atoms with E-state index in [9.17, 15) is 9.59 Å². The summed E-state index contributed by atoms with van der Waals surface area (Å²) in [5.41, 5.74) is 0. The van der Waals surface area contributed by atoms with Crippen molar-refractivity contribution < 1.29 is 9.59 Å². The van der Waals surface area contributed by atoms with Gasteiger partial charge < -0.3 is 10.2 Å². The van der Waals surface area contributed by atoms with Gasteiger partial charge in [0.2, 0.25) is 11.8 Å². The summed E-state index contributed by atoms with van der Waals surface area (Å²) >= 11 is 1.74. The Labute approximate surface area is 126 Å². The number of nitrogens with zero attached hydrogens (tertiary/aromatic N) is 1. The lowest BCUT2D eigenvalue weighted by Crippen LogP contribution is -2.68. The summed E-state index contributed by atoms with van der Waals surface area (Å²) in [7, 11) is 0.